The van der Waals surface area contributed by atoms with Crippen LogP contribution in [0.4, 0.5) is 0 Å². The largest absolute Gasteiger partial charge is 0.494 e. The van der Waals surface area contributed by atoms with Gasteiger partial charge in [-0.2, -0.15) is 0 Å². The Kier molecular flexibility index (Phi) is 5.70. The lowest BCUT2D eigenvalue weighted by molar-refractivity contribution is -0.135. The topological polar surface area (TPSA) is 99.4 Å². The number of fused-ring (bicyclic) bond motifs is 1. The minimum atomic E-state index is -0.682. The van der Waals surface area contributed by atoms with E-state index in [4.69, 9.17) is 4.74 Å². The number of aromatic nitrogens is 2. The summed E-state index contributed by atoms with van der Waals surface area (Å²) in [6.07, 6.45) is 2.87. The number of piperidine rings is 1. The molecular weight excluding hydrogens is 398 g/mol. The maximum absolute atomic E-state index is 12.8. The average molecular weight is 421 g/mol. The first-order valence-corrected chi connectivity index (χ1v) is 10.2. The van der Waals surface area contributed by atoms with Gasteiger partial charge in [-0.25, -0.2) is 4.79 Å². The fourth-order valence-corrected chi connectivity index (χ4v) is 3.90. The molecule has 4 rings (SSSR count). The molecule has 1 aromatic heterocycles. The van der Waals surface area contributed by atoms with Crippen LogP contribution >= 0.6 is 0 Å². The van der Waals surface area contributed by atoms with Crippen molar-refractivity contribution in [1.82, 2.24) is 14.5 Å². The molecule has 1 N–H and O–H groups in total. The molecule has 2 amide bonds. The van der Waals surface area contributed by atoms with Gasteiger partial charge in [-0.3, -0.25) is 28.8 Å². The monoisotopic (exact) mass is 421 g/mol. The Balaban J connectivity index is 1.46. The Bertz CT molecular complexity index is 1210. The number of imide groups is 1. The zero-order chi connectivity index (χ0) is 22.0. The molecule has 1 aliphatic heterocycles. The summed E-state index contributed by atoms with van der Waals surface area (Å²) in [5.74, 6) is -0.0308. The summed E-state index contributed by atoms with van der Waals surface area (Å²) in [5.41, 5.74) is 2.82. The molecule has 31 heavy (non-hydrogen) atoms. The van der Waals surface area contributed by atoms with Crippen molar-refractivity contribution in [2.75, 3.05) is 6.61 Å². The molecule has 1 saturated heterocycles. The van der Waals surface area contributed by atoms with E-state index in [2.05, 4.69) is 5.32 Å². The zero-order valence-electron chi connectivity index (χ0n) is 17.2. The fraction of sp³-hybridized carbons (Fsp3) is 0.304. The molecule has 8 nitrogen and oxygen atoms in total. The van der Waals surface area contributed by atoms with Gasteiger partial charge in [0.25, 0.3) is 0 Å². The number of carbonyl (C=O) groups excluding carboxylic acids is 3. The number of imidazole rings is 1. The summed E-state index contributed by atoms with van der Waals surface area (Å²) in [7, 11) is 1.68. The van der Waals surface area contributed by atoms with E-state index in [0.29, 0.717) is 29.9 Å². The van der Waals surface area contributed by atoms with Crippen LogP contribution < -0.4 is 15.7 Å². The van der Waals surface area contributed by atoms with Gasteiger partial charge in [-0.05, 0) is 61.2 Å². The summed E-state index contributed by atoms with van der Waals surface area (Å²) < 4.78 is 8.73. The van der Waals surface area contributed by atoms with Crippen LogP contribution in [0.3, 0.4) is 0 Å². The average Bonchev–Trinajstić information content (AvgIpc) is 3.02. The van der Waals surface area contributed by atoms with Crippen LogP contribution in [0.15, 0.2) is 47.3 Å². The molecule has 2 heterocycles. The van der Waals surface area contributed by atoms with Crippen molar-refractivity contribution in [2.45, 2.75) is 31.7 Å². The number of hydrogen-bond donors (Lipinski definition) is 1. The summed E-state index contributed by atoms with van der Waals surface area (Å²) in [5, 5.41) is 2.32. The van der Waals surface area contributed by atoms with Crippen molar-refractivity contribution >= 4 is 29.1 Å². The molecule has 1 atom stereocenters. The van der Waals surface area contributed by atoms with E-state index in [9.17, 15) is 19.2 Å². The molecule has 1 fully saturated rings. The van der Waals surface area contributed by atoms with Crippen LogP contribution in [0.1, 0.15) is 41.2 Å². The van der Waals surface area contributed by atoms with Crippen LogP contribution in [0, 0.1) is 0 Å². The Morgan fingerprint density at radius 1 is 1.10 bits per heavy atom. The van der Waals surface area contributed by atoms with Gasteiger partial charge in [-0.15, -0.1) is 0 Å². The number of benzene rings is 2. The first-order valence-electron chi connectivity index (χ1n) is 10.2. The van der Waals surface area contributed by atoms with Crippen molar-refractivity contribution in [1.29, 1.82) is 0 Å². The lowest BCUT2D eigenvalue weighted by atomic mass is 10.1. The Morgan fingerprint density at radius 2 is 1.87 bits per heavy atom. The molecular formula is C23H23N3O5. The third-order valence-corrected chi connectivity index (χ3v) is 5.57. The first-order chi connectivity index (χ1) is 15.0. The molecule has 0 radical (unpaired) electrons. The Morgan fingerprint density at radius 3 is 2.58 bits per heavy atom. The van der Waals surface area contributed by atoms with Crippen molar-refractivity contribution in [3.63, 3.8) is 0 Å². The molecule has 1 unspecified atom stereocenters. The number of aldehydes is 1. The van der Waals surface area contributed by atoms with E-state index in [-0.39, 0.29) is 18.0 Å². The highest BCUT2D eigenvalue weighted by molar-refractivity contribution is 6.00. The van der Waals surface area contributed by atoms with Gasteiger partial charge in [0.1, 0.15) is 18.1 Å². The van der Waals surface area contributed by atoms with Crippen LogP contribution in [-0.4, -0.2) is 33.8 Å². The predicted molar refractivity (Wildman–Crippen MR) is 114 cm³/mol. The van der Waals surface area contributed by atoms with Gasteiger partial charge in [0.05, 0.1) is 17.6 Å². The van der Waals surface area contributed by atoms with Crippen LogP contribution in [-0.2, 0) is 23.1 Å². The lowest BCUT2D eigenvalue weighted by Gasteiger charge is -2.21. The predicted octanol–water partition coefficient (Wildman–Crippen LogP) is 2.14. The number of amides is 2. The summed E-state index contributed by atoms with van der Waals surface area (Å²) in [6.45, 7) is 0.523. The van der Waals surface area contributed by atoms with Crippen molar-refractivity contribution in [3.8, 4) is 5.75 Å². The molecule has 2 aromatic carbocycles. The molecule has 1 aliphatic rings. The smallest absolute Gasteiger partial charge is 0.329 e. The number of rotatable bonds is 7. The summed E-state index contributed by atoms with van der Waals surface area (Å²) >= 11 is 0. The zero-order valence-corrected chi connectivity index (χ0v) is 17.2. The molecule has 0 bridgehead atoms. The maximum atomic E-state index is 12.8. The van der Waals surface area contributed by atoms with Crippen molar-refractivity contribution in [2.24, 2.45) is 7.05 Å². The van der Waals surface area contributed by atoms with E-state index < -0.39 is 11.9 Å². The molecule has 160 valence electrons. The third-order valence-electron chi connectivity index (χ3n) is 5.57. The molecule has 0 aliphatic carbocycles. The van der Waals surface area contributed by atoms with E-state index >= 15 is 0 Å². The minimum Gasteiger partial charge on any atom is -0.494 e. The Hall–Kier alpha value is -3.68. The normalized spacial score (nSPS) is 16.4. The van der Waals surface area contributed by atoms with Crippen molar-refractivity contribution in [3.05, 3.63) is 64.1 Å². The highest BCUT2D eigenvalue weighted by Gasteiger charge is 2.31. The number of nitrogens with one attached hydrogen (secondary N) is 1. The molecule has 3 aromatic rings. The van der Waals surface area contributed by atoms with E-state index in [1.54, 1.807) is 31.3 Å². The molecule has 0 saturated carbocycles. The first kappa shape index (κ1) is 20.6. The standard InChI is InChI=1S/C23H23N3O5/c1-25-20-13-15(3-2-12-31-17-7-4-16(14-27)5-8-17)6-9-18(20)26(23(25)30)19-10-11-21(28)24-22(19)29/h4-9,13-14,19H,2-3,10-12H2,1H3,(H,24,28,29). The number of nitrogens with zero attached hydrogens (tertiary/aromatic N) is 2. The number of ether oxygens (including phenoxy) is 1. The molecule has 8 heteroatoms. The SMILES string of the molecule is Cn1c(=O)n(C2CCC(=O)NC2=O)c2ccc(CCCOc3ccc(C=O)cc3)cc21. The minimum absolute atomic E-state index is 0.217. The van der Waals surface area contributed by atoms with E-state index in [1.807, 2.05) is 18.2 Å². The quantitative estimate of drug-likeness (QED) is 0.358. The van der Waals surface area contributed by atoms with Gasteiger partial charge < -0.3 is 4.74 Å². The van der Waals surface area contributed by atoms with Gasteiger partial charge in [0.2, 0.25) is 11.8 Å². The lowest BCUT2D eigenvalue weighted by Crippen LogP contribution is -2.44. The second-order valence-electron chi connectivity index (χ2n) is 7.64. The van der Waals surface area contributed by atoms with Gasteiger partial charge in [0, 0.05) is 19.0 Å². The second-order valence-corrected chi connectivity index (χ2v) is 7.64. The van der Waals surface area contributed by atoms with Crippen LogP contribution in [0.25, 0.3) is 11.0 Å². The highest BCUT2D eigenvalue weighted by Crippen LogP contribution is 2.24. The van der Waals surface area contributed by atoms with Gasteiger partial charge in [0.15, 0.2) is 0 Å². The van der Waals surface area contributed by atoms with Gasteiger partial charge in [-0.1, -0.05) is 6.07 Å². The summed E-state index contributed by atoms with van der Waals surface area (Å²) in [6, 6.07) is 12.0. The number of hydrogen-bond acceptors (Lipinski definition) is 5. The van der Waals surface area contributed by atoms with E-state index in [0.717, 1.165) is 30.2 Å². The Labute approximate surface area is 178 Å². The number of carbonyl (C=O) groups is 3. The second kappa shape index (κ2) is 8.59. The maximum Gasteiger partial charge on any atom is 0.329 e. The van der Waals surface area contributed by atoms with Crippen LogP contribution in [0.5, 0.6) is 5.75 Å². The fourth-order valence-electron chi connectivity index (χ4n) is 3.90. The third kappa shape index (κ3) is 4.14. The van der Waals surface area contributed by atoms with Crippen molar-refractivity contribution < 1.29 is 19.1 Å². The summed E-state index contributed by atoms with van der Waals surface area (Å²) in [4.78, 5) is 47.2. The highest BCUT2D eigenvalue weighted by atomic mass is 16.5. The number of aryl methyl sites for hydroxylation is 2. The van der Waals surface area contributed by atoms with Gasteiger partial charge >= 0.3 is 5.69 Å². The molecule has 0 spiro atoms. The van der Waals surface area contributed by atoms with Crippen LogP contribution in [0.2, 0.25) is 0 Å². The van der Waals surface area contributed by atoms with E-state index in [1.165, 1.54) is 9.13 Å².